The second-order valence-electron chi connectivity index (χ2n) is 5.02. The Bertz CT molecular complexity index is 533. The van der Waals surface area contributed by atoms with Gasteiger partial charge in [0.25, 0.3) is 0 Å². The molecule has 0 aliphatic carbocycles. The van der Waals surface area contributed by atoms with Crippen molar-refractivity contribution in [2.75, 3.05) is 20.2 Å². The Kier molecular flexibility index (Phi) is 4.39. The topological polar surface area (TPSA) is 75.6 Å². The number of benzene rings is 1. The van der Waals surface area contributed by atoms with Gasteiger partial charge in [0.05, 0.1) is 18.2 Å². The smallest absolute Gasteiger partial charge is 0.339 e. The number of methoxy groups -OCH3 is 1. The van der Waals surface area contributed by atoms with Crippen LogP contribution in [0.1, 0.15) is 50.6 Å². The third-order valence-electron chi connectivity index (χ3n) is 3.91. The molecule has 20 heavy (non-hydrogen) atoms. The van der Waals surface area contributed by atoms with E-state index in [1.165, 1.54) is 13.2 Å². The van der Waals surface area contributed by atoms with E-state index in [2.05, 4.69) is 5.32 Å². The molecular weight excluding hydrogens is 258 g/mol. The van der Waals surface area contributed by atoms with Crippen LogP contribution in [0.15, 0.2) is 12.1 Å². The summed E-state index contributed by atoms with van der Waals surface area (Å²) in [5, 5.41) is 12.5. The molecule has 1 fully saturated rings. The van der Waals surface area contributed by atoms with Crippen molar-refractivity contribution in [1.29, 1.82) is 0 Å². The largest absolute Gasteiger partial charge is 0.478 e. The lowest BCUT2D eigenvalue weighted by molar-refractivity contribution is 0.0581. The van der Waals surface area contributed by atoms with Crippen LogP contribution in [0.3, 0.4) is 0 Å². The Hall–Kier alpha value is -1.88. The number of hydrogen-bond donors (Lipinski definition) is 2. The fraction of sp³-hybridized carbons (Fsp3) is 0.467. The highest BCUT2D eigenvalue weighted by Gasteiger charge is 2.25. The molecule has 0 bridgehead atoms. The number of rotatable bonds is 3. The lowest BCUT2D eigenvalue weighted by atomic mass is 9.84. The first kappa shape index (κ1) is 14.5. The van der Waals surface area contributed by atoms with Crippen LogP contribution in [-0.2, 0) is 4.74 Å². The SMILES string of the molecule is COC(=O)c1c(C(=O)O)ccc(C2CCNCC2)c1C. The van der Waals surface area contributed by atoms with E-state index in [0.717, 1.165) is 37.1 Å². The number of carbonyl (C=O) groups excluding carboxylic acids is 1. The maximum Gasteiger partial charge on any atom is 0.339 e. The first-order valence-electron chi connectivity index (χ1n) is 6.72. The Morgan fingerprint density at radius 1 is 1.30 bits per heavy atom. The van der Waals surface area contributed by atoms with Crippen molar-refractivity contribution in [1.82, 2.24) is 5.32 Å². The van der Waals surface area contributed by atoms with Crippen LogP contribution >= 0.6 is 0 Å². The van der Waals surface area contributed by atoms with E-state index in [9.17, 15) is 14.7 Å². The highest BCUT2D eigenvalue weighted by atomic mass is 16.5. The Labute approximate surface area is 117 Å². The van der Waals surface area contributed by atoms with Crippen LogP contribution in [0.5, 0.6) is 0 Å². The van der Waals surface area contributed by atoms with Crippen LogP contribution in [0, 0.1) is 6.92 Å². The molecule has 1 aliphatic rings. The summed E-state index contributed by atoms with van der Waals surface area (Å²) in [6.45, 7) is 3.69. The number of aromatic carboxylic acids is 1. The molecule has 0 amide bonds. The van der Waals surface area contributed by atoms with Crippen molar-refractivity contribution in [2.24, 2.45) is 0 Å². The van der Waals surface area contributed by atoms with Gasteiger partial charge in [0.1, 0.15) is 0 Å². The highest BCUT2D eigenvalue weighted by Crippen LogP contribution is 2.31. The second-order valence-corrected chi connectivity index (χ2v) is 5.02. The quantitative estimate of drug-likeness (QED) is 0.826. The van der Waals surface area contributed by atoms with Crippen LogP contribution in [0.25, 0.3) is 0 Å². The monoisotopic (exact) mass is 277 g/mol. The molecule has 1 aromatic carbocycles. The van der Waals surface area contributed by atoms with Crippen LogP contribution in [0.2, 0.25) is 0 Å². The van der Waals surface area contributed by atoms with Crippen molar-refractivity contribution < 1.29 is 19.4 Å². The molecule has 0 unspecified atom stereocenters. The molecule has 1 heterocycles. The Balaban J connectivity index is 2.50. The van der Waals surface area contributed by atoms with E-state index >= 15 is 0 Å². The Morgan fingerprint density at radius 2 is 1.95 bits per heavy atom. The van der Waals surface area contributed by atoms with Crippen molar-refractivity contribution in [3.05, 3.63) is 34.4 Å². The summed E-state index contributed by atoms with van der Waals surface area (Å²) in [4.78, 5) is 23.2. The molecule has 2 rings (SSSR count). The number of hydrogen-bond acceptors (Lipinski definition) is 4. The minimum Gasteiger partial charge on any atom is -0.478 e. The lowest BCUT2D eigenvalue weighted by Crippen LogP contribution is -2.27. The molecule has 0 saturated carbocycles. The normalized spacial score (nSPS) is 15.9. The summed E-state index contributed by atoms with van der Waals surface area (Å²) in [6, 6.07) is 3.35. The third-order valence-corrected chi connectivity index (χ3v) is 3.91. The molecule has 108 valence electrons. The number of piperidine rings is 1. The number of nitrogens with one attached hydrogen (secondary N) is 1. The summed E-state index contributed by atoms with van der Waals surface area (Å²) >= 11 is 0. The molecule has 5 heteroatoms. The van der Waals surface area contributed by atoms with Crippen molar-refractivity contribution in [2.45, 2.75) is 25.7 Å². The summed E-state index contributed by atoms with van der Waals surface area (Å²) in [7, 11) is 1.27. The number of ether oxygens (including phenoxy) is 1. The molecule has 1 aromatic rings. The van der Waals surface area contributed by atoms with E-state index in [-0.39, 0.29) is 11.1 Å². The average Bonchev–Trinajstić information content (AvgIpc) is 2.46. The molecule has 0 radical (unpaired) electrons. The molecule has 1 saturated heterocycles. The van der Waals surface area contributed by atoms with Crippen molar-refractivity contribution in [3.8, 4) is 0 Å². The molecule has 0 atom stereocenters. The van der Waals surface area contributed by atoms with Crippen LogP contribution in [0.4, 0.5) is 0 Å². The molecular formula is C15H19NO4. The minimum atomic E-state index is -1.11. The first-order chi connectivity index (χ1) is 9.56. The van der Waals surface area contributed by atoms with E-state index in [0.29, 0.717) is 5.92 Å². The van der Waals surface area contributed by atoms with Gasteiger partial charge in [0, 0.05) is 0 Å². The van der Waals surface area contributed by atoms with Gasteiger partial charge in [-0.25, -0.2) is 9.59 Å². The van der Waals surface area contributed by atoms with E-state index in [4.69, 9.17) is 4.74 Å². The maximum absolute atomic E-state index is 11.9. The van der Waals surface area contributed by atoms with E-state index in [1.807, 2.05) is 6.07 Å². The van der Waals surface area contributed by atoms with Crippen molar-refractivity contribution in [3.63, 3.8) is 0 Å². The minimum absolute atomic E-state index is 0.00651. The molecule has 2 N–H and O–H groups in total. The number of carboxylic acid groups (broad SMARTS) is 1. The summed E-state index contributed by atoms with van der Waals surface area (Å²) < 4.78 is 4.74. The number of carbonyl (C=O) groups is 2. The van der Waals surface area contributed by atoms with Gasteiger partial charge in [-0.3, -0.25) is 0 Å². The van der Waals surface area contributed by atoms with Crippen molar-refractivity contribution >= 4 is 11.9 Å². The Morgan fingerprint density at radius 3 is 2.50 bits per heavy atom. The fourth-order valence-corrected chi connectivity index (χ4v) is 2.85. The van der Waals surface area contributed by atoms with Gasteiger partial charge in [-0.1, -0.05) is 6.07 Å². The van der Waals surface area contributed by atoms with E-state index in [1.54, 1.807) is 6.92 Å². The summed E-state index contributed by atoms with van der Waals surface area (Å²) in [5.74, 6) is -1.33. The molecule has 1 aliphatic heterocycles. The zero-order valence-corrected chi connectivity index (χ0v) is 11.7. The van der Waals surface area contributed by atoms with Crippen LogP contribution in [-0.4, -0.2) is 37.2 Å². The summed E-state index contributed by atoms with van der Waals surface area (Å²) in [5.41, 5.74) is 1.96. The van der Waals surface area contributed by atoms with Gasteiger partial charge in [0.15, 0.2) is 0 Å². The van der Waals surface area contributed by atoms with E-state index < -0.39 is 11.9 Å². The zero-order chi connectivity index (χ0) is 14.7. The third kappa shape index (κ3) is 2.67. The van der Waals surface area contributed by atoms with Gasteiger partial charge in [0.2, 0.25) is 0 Å². The van der Waals surface area contributed by atoms with Gasteiger partial charge in [-0.15, -0.1) is 0 Å². The van der Waals surface area contributed by atoms with Gasteiger partial charge < -0.3 is 15.2 Å². The number of carboxylic acids is 1. The molecule has 0 aromatic heterocycles. The first-order valence-corrected chi connectivity index (χ1v) is 6.72. The van der Waals surface area contributed by atoms with Gasteiger partial charge in [-0.05, 0) is 56.0 Å². The molecule has 5 nitrogen and oxygen atoms in total. The summed E-state index contributed by atoms with van der Waals surface area (Å²) in [6.07, 6.45) is 1.99. The average molecular weight is 277 g/mol. The highest BCUT2D eigenvalue weighted by molar-refractivity contribution is 6.03. The van der Waals surface area contributed by atoms with Gasteiger partial charge >= 0.3 is 11.9 Å². The zero-order valence-electron chi connectivity index (χ0n) is 11.7. The van der Waals surface area contributed by atoms with Crippen LogP contribution < -0.4 is 5.32 Å². The maximum atomic E-state index is 11.9. The molecule has 0 spiro atoms. The predicted molar refractivity (Wildman–Crippen MR) is 74.3 cm³/mol. The lowest BCUT2D eigenvalue weighted by Gasteiger charge is -2.25. The second kappa shape index (κ2) is 6.05. The number of esters is 1. The standard InChI is InChI=1S/C15H19NO4/c1-9-11(10-5-7-16-8-6-10)3-4-12(14(17)18)13(9)15(19)20-2/h3-4,10,16H,5-8H2,1-2H3,(H,17,18). The van der Waals surface area contributed by atoms with Gasteiger partial charge in [-0.2, -0.15) is 0 Å². The predicted octanol–water partition coefficient (Wildman–Crippen LogP) is 1.95. The fourth-order valence-electron chi connectivity index (χ4n) is 2.85.